The fourth-order valence-electron chi connectivity index (χ4n) is 1.09. The minimum absolute atomic E-state index is 0.856. The Hall–Kier alpha value is -1.51. The lowest BCUT2D eigenvalue weighted by Crippen LogP contribution is -2.03. The number of rotatable bonds is 1. The summed E-state index contributed by atoms with van der Waals surface area (Å²) in [6, 6.07) is 5.87. The molecule has 2 heterocycles. The Bertz CT molecular complexity index is 367. The summed E-state index contributed by atoms with van der Waals surface area (Å²) >= 11 is 0. The van der Waals surface area contributed by atoms with Crippen molar-refractivity contribution in [3.63, 3.8) is 0 Å². The van der Waals surface area contributed by atoms with Crippen LogP contribution in [0.25, 0.3) is 11.0 Å². The molecule has 0 unspecified atom stereocenters. The van der Waals surface area contributed by atoms with Gasteiger partial charge in [0, 0.05) is 17.8 Å². The fourth-order valence-corrected chi connectivity index (χ4v) is 1.09. The molecule has 11 heavy (non-hydrogen) atoms. The zero-order valence-electron chi connectivity index (χ0n) is 6.19. The van der Waals surface area contributed by atoms with Gasteiger partial charge in [-0.2, -0.15) is 4.73 Å². The van der Waals surface area contributed by atoms with Gasteiger partial charge in [-0.15, -0.1) is 0 Å². The van der Waals surface area contributed by atoms with Crippen LogP contribution in [0.4, 0.5) is 0 Å². The molecule has 2 rings (SSSR count). The highest BCUT2D eigenvalue weighted by Gasteiger charge is 1.98. The summed E-state index contributed by atoms with van der Waals surface area (Å²) in [4.78, 5) is 9.17. The van der Waals surface area contributed by atoms with Gasteiger partial charge in [0.1, 0.15) is 7.11 Å². The maximum atomic E-state index is 5.02. The summed E-state index contributed by atoms with van der Waals surface area (Å²) in [5.74, 6) is 0. The highest BCUT2D eigenvalue weighted by molar-refractivity contribution is 5.75. The maximum absolute atomic E-state index is 5.02. The molecule has 0 aliphatic carbocycles. The molecule has 2 aromatic heterocycles. The summed E-state index contributed by atoms with van der Waals surface area (Å²) in [7, 11) is 1.62. The molecule has 2 aromatic rings. The topological polar surface area (TPSA) is 27.1 Å². The zero-order chi connectivity index (χ0) is 7.68. The van der Waals surface area contributed by atoms with E-state index < -0.39 is 0 Å². The predicted octanol–water partition coefficient (Wildman–Crippen LogP) is 1.09. The van der Waals surface area contributed by atoms with E-state index in [9.17, 15) is 0 Å². The molecule has 3 heteroatoms. The van der Waals surface area contributed by atoms with E-state index in [1.165, 1.54) is 0 Å². The molecule has 0 saturated heterocycles. The molecule has 0 atom stereocenters. The first-order valence-corrected chi connectivity index (χ1v) is 3.38. The van der Waals surface area contributed by atoms with Crippen molar-refractivity contribution < 1.29 is 4.84 Å². The molecule has 0 aliphatic rings. The van der Waals surface area contributed by atoms with Crippen molar-refractivity contribution in [1.29, 1.82) is 0 Å². The van der Waals surface area contributed by atoms with Gasteiger partial charge in [-0.3, -0.25) is 0 Å². The standard InChI is InChI=1S/C8H8N2O/c1-11-10-6-4-7-3-2-5-9-8(7)10/h2-6H,1H3. The van der Waals surface area contributed by atoms with Gasteiger partial charge in [0.05, 0.1) is 0 Å². The Morgan fingerprint density at radius 3 is 3.18 bits per heavy atom. The van der Waals surface area contributed by atoms with E-state index in [1.807, 2.05) is 24.4 Å². The van der Waals surface area contributed by atoms with Gasteiger partial charge in [0.25, 0.3) is 0 Å². The van der Waals surface area contributed by atoms with E-state index in [0.29, 0.717) is 0 Å². The number of hydrogen-bond acceptors (Lipinski definition) is 2. The molecule has 0 fully saturated rings. The van der Waals surface area contributed by atoms with Crippen molar-refractivity contribution in [1.82, 2.24) is 9.71 Å². The lowest BCUT2D eigenvalue weighted by Gasteiger charge is -1.98. The van der Waals surface area contributed by atoms with Gasteiger partial charge in [0.15, 0.2) is 5.65 Å². The number of pyridine rings is 1. The van der Waals surface area contributed by atoms with Crippen molar-refractivity contribution in [3.05, 3.63) is 30.6 Å². The molecule has 0 amide bonds. The van der Waals surface area contributed by atoms with Crippen LogP contribution in [0.15, 0.2) is 30.6 Å². The number of aromatic nitrogens is 2. The van der Waals surface area contributed by atoms with Crippen LogP contribution < -0.4 is 4.84 Å². The zero-order valence-corrected chi connectivity index (χ0v) is 6.19. The Labute approximate surface area is 64.2 Å². The molecule has 0 spiro atoms. The van der Waals surface area contributed by atoms with E-state index in [0.717, 1.165) is 11.0 Å². The van der Waals surface area contributed by atoms with Crippen molar-refractivity contribution >= 4 is 11.0 Å². The Balaban J connectivity index is 2.76. The number of fused-ring (bicyclic) bond motifs is 1. The molecular weight excluding hydrogens is 140 g/mol. The van der Waals surface area contributed by atoms with Crippen molar-refractivity contribution in [2.75, 3.05) is 7.11 Å². The summed E-state index contributed by atoms with van der Waals surface area (Å²) in [5.41, 5.74) is 0.856. The quantitative estimate of drug-likeness (QED) is 0.605. The van der Waals surface area contributed by atoms with Gasteiger partial charge >= 0.3 is 0 Å². The largest absolute Gasteiger partial charge is 0.416 e. The van der Waals surface area contributed by atoms with Gasteiger partial charge in [-0.25, -0.2) is 4.98 Å². The van der Waals surface area contributed by atoms with Crippen molar-refractivity contribution in [3.8, 4) is 0 Å². The second-order valence-corrected chi connectivity index (χ2v) is 2.24. The first-order chi connectivity index (χ1) is 5.42. The third-order valence-electron chi connectivity index (χ3n) is 1.61. The van der Waals surface area contributed by atoms with Gasteiger partial charge < -0.3 is 4.84 Å². The highest BCUT2D eigenvalue weighted by atomic mass is 16.6. The average molecular weight is 148 g/mol. The van der Waals surface area contributed by atoms with Crippen LogP contribution in [0.5, 0.6) is 0 Å². The molecule has 0 bridgehead atoms. The molecule has 0 N–H and O–H groups in total. The molecule has 0 radical (unpaired) electrons. The van der Waals surface area contributed by atoms with Crippen LogP contribution in [0.1, 0.15) is 0 Å². The van der Waals surface area contributed by atoms with Crippen LogP contribution in [-0.4, -0.2) is 16.8 Å². The van der Waals surface area contributed by atoms with Crippen LogP contribution in [-0.2, 0) is 0 Å². The third kappa shape index (κ3) is 0.852. The van der Waals surface area contributed by atoms with E-state index in [-0.39, 0.29) is 0 Å². The third-order valence-corrected chi connectivity index (χ3v) is 1.61. The Morgan fingerprint density at radius 1 is 1.45 bits per heavy atom. The number of hydrogen-bond donors (Lipinski definition) is 0. The smallest absolute Gasteiger partial charge is 0.175 e. The predicted molar refractivity (Wildman–Crippen MR) is 42.2 cm³/mol. The monoisotopic (exact) mass is 148 g/mol. The summed E-state index contributed by atoms with van der Waals surface area (Å²) < 4.78 is 1.63. The molecule has 0 aliphatic heterocycles. The Morgan fingerprint density at radius 2 is 2.36 bits per heavy atom. The minimum Gasteiger partial charge on any atom is -0.416 e. The summed E-state index contributed by atoms with van der Waals surface area (Å²) in [6.45, 7) is 0. The summed E-state index contributed by atoms with van der Waals surface area (Å²) in [5, 5.41) is 1.09. The average Bonchev–Trinajstić information content (AvgIpc) is 2.47. The van der Waals surface area contributed by atoms with Crippen molar-refractivity contribution in [2.24, 2.45) is 0 Å². The van der Waals surface area contributed by atoms with E-state index in [4.69, 9.17) is 4.84 Å². The molecule has 0 saturated carbocycles. The van der Waals surface area contributed by atoms with Crippen LogP contribution in [0.3, 0.4) is 0 Å². The highest BCUT2D eigenvalue weighted by Crippen LogP contribution is 2.09. The molecular formula is C8H8N2O. The van der Waals surface area contributed by atoms with Crippen LogP contribution in [0, 0.1) is 0 Å². The first kappa shape index (κ1) is 6.22. The van der Waals surface area contributed by atoms with Gasteiger partial charge in [0.2, 0.25) is 0 Å². The van der Waals surface area contributed by atoms with E-state index in [1.54, 1.807) is 18.0 Å². The Kier molecular flexibility index (Phi) is 1.28. The molecule has 56 valence electrons. The summed E-state index contributed by atoms with van der Waals surface area (Å²) in [6.07, 6.45) is 3.59. The second kappa shape index (κ2) is 2.27. The van der Waals surface area contributed by atoms with Crippen LogP contribution in [0.2, 0.25) is 0 Å². The molecule has 3 nitrogen and oxygen atoms in total. The van der Waals surface area contributed by atoms with E-state index >= 15 is 0 Å². The van der Waals surface area contributed by atoms with Gasteiger partial charge in [-0.1, -0.05) is 0 Å². The maximum Gasteiger partial charge on any atom is 0.175 e. The second-order valence-electron chi connectivity index (χ2n) is 2.24. The lowest BCUT2D eigenvalue weighted by molar-refractivity contribution is 0.177. The van der Waals surface area contributed by atoms with Crippen molar-refractivity contribution in [2.45, 2.75) is 0 Å². The fraction of sp³-hybridized carbons (Fsp3) is 0.125. The number of nitrogens with zero attached hydrogens (tertiary/aromatic N) is 2. The van der Waals surface area contributed by atoms with E-state index in [2.05, 4.69) is 4.98 Å². The van der Waals surface area contributed by atoms with Crippen LogP contribution >= 0.6 is 0 Å². The normalized spacial score (nSPS) is 10.3. The minimum atomic E-state index is 0.856. The van der Waals surface area contributed by atoms with Gasteiger partial charge in [-0.05, 0) is 18.2 Å². The lowest BCUT2D eigenvalue weighted by atomic mass is 10.3. The molecule has 0 aromatic carbocycles. The SMILES string of the molecule is COn1ccc2cccnc21. The first-order valence-electron chi connectivity index (χ1n) is 3.38.